The van der Waals surface area contributed by atoms with Gasteiger partial charge in [-0.3, -0.25) is 0 Å². The molecule has 0 rings (SSSR count). The molecule has 2 heteroatoms. The summed E-state index contributed by atoms with van der Waals surface area (Å²) in [5, 5.41) is 0. The molecule has 0 bridgehead atoms. The van der Waals surface area contributed by atoms with Crippen LogP contribution in [0.4, 0.5) is 0 Å². The molecule has 0 amide bonds. The zero-order chi connectivity index (χ0) is 41.1. The molecule has 0 fully saturated rings. The van der Waals surface area contributed by atoms with Crippen LogP contribution in [-0.2, 0) is 0 Å². The maximum absolute atomic E-state index is 2.93. The van der Waals surface area contributed by atoms with Crippen LogP contribution in [0.25, 0.3) is 0 Å². The molecule has 3 unspecified atom stereocenters. The number of hydrogen-bond acceptors (Lipinski definition) is 0. The first-order chi connectivity index (χ1) is 27.6. The second-order valence-corrected chi connectivity index (χ2v) is 19.6. The highest BCUT2D eigenvalue weighted by Crippen LogP contribution is 2.38. The molecule has 0 radical (unpaired) electrons. The molecular weight excluding hydrogens is 710 g/mol. The molecule has 0 aromatic carbocycles. The molecule has 0 aromatic heterocycles. The van der Waals surface area contributed by atoms with Crippen molar-refractivity contribution in [2.75, 3.05) is 7.05 Å². The topological polar surface area (TPSA) is 0 Å². The van der Waals surface area contributed by atoms with Crippen LogP contribution in [0.15, 0.2) is 0 Å². The molecular formula is C55H114ClN. The van der Waals surface area contributed by atoms with Gasteiger partial charge in [0.05, 0.1) is 25.2 Å². The first-order valence-corrected chi connectivity index (χ1v) is 27.4. The van der Waals surface area contributed by atoms with Gasteiger partial charge in [0.25, 0.3) is 0 Å². The van der Waals surface area contributed by atoms with Crippen LogP contribution >= 0.6 is 0 Å². The first-order valence-electron chi connectivity index (χ1n) is 27.4. The van der Waals surface area contributed by atoms with E-state index < -0.39 is 0 Å². The summed E-state index contributed by atoms with van der Waals surface area (Å²) in [5.74, 6) is 0. The van der Waals surface area contributed by atoms with Gasteiger partial charge in [-0.05, 0) is 77.0 Å². The highest BCUT2D eigenvalue weighted by molar-refractivity contribution is 4.76. The lowest BCUT2D eigenvalue weighted by molar-refractivity contribution is -0.980. The third-order valence-corrected chi connectivity index (χ3v) is 14.5. The van der Waals surface area contributed by atoms with Crippen molar-refractivity contribution in [1.82, 2.24) is 0 Å². The Morgan fingerprint density at radius 3 is 0.474 bits per heavy atom. The van der Waals surface area contributed by atoms with Crippen molar-refractivity contribution in [2.45, 2.75) is 349 Å². The molecule has 346 valence electrons. The summed E-state index contributed by atoms with van der Waals surface area (Å²) in [6.45, 7) is 14.2. The summed E-state index contributed by atoms with van der Waals surface area (Å²) in [6.07, 6.45) is 65.7. The lowest BCUT2D eigenvalue weighted by atomic mass is 9.85. The van der Waals surface area contributed by atoms with Gasteiger partial charge >= 0.3 is 0 Å². The maximum atomic E-state index is 2.93. The van der Waals surface area contributed by atoms with Crippen LogP contribution < -0.4 is 12.4 Å². The van der Waals surface area contributed by atoms with Gasteiger partial charge < -0.3 is 16.9 Å². The minimum Gasteiger partial charge on any atom is -1.00 e. The first kappa shape index (κ1) is 59.3. The monoisotopic (exact) mass is 824 g/mol. The molecule has 0 saturated carbocycles. The van der Waals surface area contributed by atoms with Crippen molar-refractivity contribution < 1.29 is 16.9 Å². The zero-order valence-corrected chi connectivity index (χ0v) is 42.1. The third-order valence-electron chi connectivity index (χ3n) is 14.5. The van der Waals surface area contributed by atoms with Gasteiger partial charge in [0.2, 0.25) is 0 Å². The van der Waals surface area contributed by atoms with E-state index in [0.29, 0.717) is 0 Å². The lowest BCUT2D eigenvalue weighted by Crippen LogP contribution is -3.00. The second kappa shape index (κ2) is 47.3. The van der Waals surface area contributed by atoms with Crippen molar-refractivity contribution in [1.29, 1.82) is 0 Å². The van der Waals surface area contributed by atoms with E-state index in [4.69, 9.17) is 0 Å². The predicted octanol–water partition coefficient (Wildman–Crippen LogP) is 17.2. The number of quaternary nitrogens is 1. The number of hydrogen-bond donors (Lipinski definition) is 0. The van der Waals surface area contributed by atoms with E-state index >= 15 is 0 Å². The molecule has 1 nitrogen and oxygen atoms in total. The van der Waals surface area contributed by atoms with Gasteiger partial charge in [-0.2, -0.15) is 0 Å². The molecule has 0 spiro atoms. The van der Waals surface area contributed by atoms with Crippen LogP contribution in [0, 0.1) is 0 Å². The normalized spacial score (nSPS) is 14.4. The van der Waals surface area contributed by atoms with Crippen LogP contribution in [-0.4, -0.2) is 29.7 Å². The van der Waals surface area contributed by atoms with E-state index in [0.717, 1.165) is 18.1 Å². The standard InChI is InChI=1S/C55H114N.ClH/c1-8-14-20-26-32-38-44-50-53(47-41-35-29-23-17-11-4)56(7,54(48-42-36-30-24-18-12-5)51-45-39-33-27-21-15-9-2)55(49-43-37-31-25-19-13-6)52-46-40-34-28-22-16-10-3;/h53-55H,8-52H2,1-7H3;1H/q+1;/p-1. The van der Waals surface area contributed by atoms with Gasteiger partial charge in [0.1, 0.15) is 0 Å². The molecule has 0 N–H and O–H groups in total. The average Bonchev–Trinajstić information content (AvgIpc) is 3.20. The Bertz CT molecular complexity index is 628. The van der Waals surface area contributed by atoms with E-state index in [9.17, 15) is 0 Å². The van der Waals surface area contributed by atoms with Crippen molar-refractivity contribution in [3.63, 3.8) is 0 Å². The Balaban J connectivity index is 0. The van der Waals surface area contributed by atoms with E-state index in [1.54, 1.807) is 0 Å². The van der Waals surface area contributed by atoms with E-state index in [1.807, 2.05) is 0 Å². The Morgan fingerprint density at radius 2 is 0.333 bits per heavy atom. The molecule has 0 saturated heterocycles. The zero-order valence-electron chi connectivity index (χ0n) is 41.4. The van der Waals surface area contributed by atoms with Gasteiger partial charge in [-0.15, -0.1) is 0 Å². The minimum absolute atomic E-state index is 0. The second-order valence-electron chi connectivity index (χ2n) is 19.6. The van der Waals surface area contributed by atoms with Crippen LogP contribution in [0.5, 0.6) is 0 Å². The number of unbranched alkanes of at least 4 members (excludes halogenated alkanes) is 33. The van der Waals surface area contributed by atoms with E-state index in [1.165, 1.54) is 293 Å². The summed E-state index contributed by atoms with van der Waals surface area (Å²) in [4.78, 5) is 0. The molecule has 0 aliphatic heterocycles. The molecule has 57 heavy (non-hydrogen) atoms. The summed E-state index contributed by atoms with van der Waals surface area (Å²) in [5.41, 5.74) is 0. The minimum atomic E-state index is 0. The summed E-state index contributed by atoms with van der Waals surface area (Å²) < 4.78 is 1.47. The maximum Gasteiger partial charge on any atom is 0.0892 e. The smallest absolute Gasteiger partial charge is 0.0892 e. The fourth-order valence-electron chi connectivity index (χ4n) is 10.5. The fraction of sp³-hybridized carbons (Fsp3) is 1.00. The van der Waals surface area contributed by atoms with Crippen LogP contribution in [0.2, 0.25) is 0 Å². The quantitative estimate of drug-likeness (QED) is 0.0424. The average molecular weight is 825 g/mol. The van der Waals surface area contributed by atoms with Gasteiger partial charge in [-0.1, -0.05) is 253 Å². The predicted molar refractivity (Wildman–Crippen MR) is 259 cm³/mol. The van der Waals surface area contributed by atoms with Crippen LogP contribution in [0.3, 0.4) is 0 Å². The van der Waals surface area contributed by atoms with Crippen molar-refractivity contribution in [3.8, 4) is 0 Å². The Hall–Kier alpha value is 0.250. The lowest BCUT2D eigenvalue weighted by Gasteiger charge is -2.53. The molecule has 0 aliphatic carbocycles. The van der Waals surface area contributed by atoms with Gasteiger partial charge in [0, 0.05) is 0 Å². The van der Waals surface area contributed by atoms with Crippen molar-refractivity contribution >= 4 is 0 Å². The van der Waals surface area contributed by atoms with E-state index in [2.05, 4.69) is 48.6 Å². The Morgan fingerprint density at radius 1 is 0.211 bits per heavy atom. The van der Waals surface area contributed by atoms with E-state index in [-0.39, 0.29) is 12.4 Å². The molecule has 0 heterocycles. The van der Waals surface area contributed by atoms with Crippen molar-refractivity contribution in [2.24, 2.45) is 0 Å². The van der Waals surface area contributed by atoms with Gasteiger partial charge in [-0.25, -0.2) is 0 Å². The summed E-state index contributed by atoms with van der Waals surface area (Å²) >= 11 is 0. The molecule has 3 atom stereocenters. The summed E-state index contributed by atoms with van der Waals surface area (Å²) in [7, 11) is 2.93. The SMILES string of the molecule is CCCCCCCCCC(CCCCCCCC)[N+](C)(C(CCCCCCCC)CCCCCCCCC)C(CCCCCCCC)CCCCCCCCC.[Cl-]. The van der Waals surface area contributed by atoms with Crippen LogP contribution in [0.1, 0.15) is 330 Å². The highest BCUT2D eigenvalue weighted by atomic mass is 35.5. The third kappa shape index (κ3) is 34.5. The highest BCUT2D eigenvalue weighted by Gasteiger charge is 2.44. The molecule has 0 aromatic rings. The van der Waals surface area contributed by atoms with Gasteiger partial charge in [0.15, 0.2) is 0 Å². The van der Waals surface area contributed by atoms with Crippen molar-refractivity contribution in [3.05, 3.63) is 0 Å². The molecule has 0 aliphatic rings. The fourth-order valence-corrected chi connectivity index (χ4v) is 10.5. The largest absolute Gasteiger partial charge is 1.00 e. The summed E-state index contributed by atoms with van der Waals surface area (Å²) in [6, 6.07) is 2.63. The number of halogens is 1. The Kier molecular flexibility index (Phi) is 49.2. The Labute approximate surface area is 371 Å². The number of nitrogens with zero attached hydrogens (tertiary/aromatic N) is 1. The number of rotatable bonds is 48.